The molecule has 0 bridgehead atoms. The molecule has 0 aliphatic carbocycles. The van der Waals surface area contributed by atoms with Crippen LogP contribution in [0.1, 0.15) is 27.9 Å². The van der Waals surface area contributed by atoms with Gasteiger partial charge < -0.3 is 19.9 Å². The molecule has 3 N–H and O–H groups in total. The maximum atomic E-state index is 13.1. The monoisotopic (exact) mass is 372 g/mol. The highest BCUT2D eigenvalue weighted by molar-refractivity contribution is 5.97. The number of aromatic carboxylic acids is 1. The van der Waals surface area contributed by atoms with Crippen molar-refractivity contribution < 1.29 is 24.5 Å². The molecule has 3 aromatic rings. The third-order valence-electron chi connectivity index (χ3n) is 4.21. The zero-order valence-corrected chi connectivity index (χ0v) is 14.2. The minimum atomic E-state index is -1.55. The van der Waals surface area contributed by atoms with Crippen LogP contribution in [-0.2, 0) is 13.0 Å². The van der Waals surface area contributed by atoms with E-state index in [9.17, 15) is 24.2 Å². The second kappa shape index (κ2) is 7.55. The van der Waals surface area contributed by atoms with Gasteiger partial charge in [-0.3, -0.25) is 9.78 Å². The Morgan fingerprint density at radius 2 is 1.89 bits per heavy atom. The Bertz CT molecular complexity index is 1060. The molecule has 0 radical (unpaired) electrons. The first-order valence-electron chi connectivity index (χ1n) is 8.25. The molecule has 0 aliphatic rings. The van der Waals surface area contributed by atoms with E-state index in [2.05, 4.69) is 4.98 Å². The molecule has 0 unspecified atom stereocenters. The van der Waals surface area contributed by atoms with Gasteiger partial charge in [0, 0.05) is 19.3 Å². The van der Waals surface area contributed by atoms with Crippen molar-refractivity contribution in [2.75, 3.05) is 6.61 Å². The van der Waals surface area contributed by atoms with Gasteiger partial charge in [0.05, 0.1) is 5.52 Å². The Morgan fingerprint density at radius 3 is 2.52 bits per heavy atom. The first-order valence-corrected chi connectivity index (χ1v) is 8.25. The van der Waals surface area contributed by atoms with Crippen LogP contribution in [0.15, 0.2) is 41.3 Å². The SMILES string of the molecule is O=C(O)c1c(O)c2ncc(Cc3ccc(F)cc3)cc2n(CCCO)c1=O. The molecule has 1 aromatic carbocycles. The largest absolute Gasteiger partial charge is 0.505 e. The smallest absolute Gasteiger partial charge is 0.345 e. The molecule has 0 atom stereocenters. The molecule has 0 aliphatic heterocycles. The van der Waals surface area contributed by atoms with Crippen LogP contribution in [0.3, 0.4) is 0 Å². The van der Waals surface area contributed by atoms with Gasteiger partial charge in [0.25, 0.3) is 5.56 Å². The van der Waals surface area contributed by atoms with Crippen LogP contribution in [0.4, 0.5) is 4.39 Å². The summed E-state index contributed by atoms with van der Waals surface area (Å²) in [5, 5.41) is 28.5. The zero-order valence-electron chi connectivity index (χ0n) is 14.2. The van der Waals surface area contributed by atoms with Crippen molar-refractivity contribution in [3.63, 3.8) is 0 Å². The predicted molar refractivity (Wildman–Crippen MR) is 95.5 cm³/mol. The van der Waals surface area contributed by atoms with Crippen LogP contribution in [-0.4, -0.2) is 37.4 Å². The molecule has 0 fully saturated rings. The van der Waals surface area contributed by atoms with Crippen molar-refractivity contribution >= 4 is 17.0 Å². The first-order chi connectivity index (χ1) is 12.9. The molecule has 140 valence electrons. The number of carboxylic acids is 1. The highest BCUT2D eigenvalue weighted by atomic mass is 19.1. The molecule has 2 aromatic heterocycles. The Morgan fingerprint density at radius 1 is 1.19 bits per heavy atom. The van der Waals surface area contributed by atoms with Crippen LogP contribution >= 0.6 is 0 Å². The summed E-state index contributed by atoms with van der Waals surface area (Å²) in [7, 11) is 0. The standard InChI is InChI=1S/C19H17FN2O5/c20-13-4-2-11(3-5-13)8-12-9-14-16(21-10-12)17(24)15(19(26)27)18(25)22(14)6-1-7-23/h2-5,9-10,23-24H,1,6-8H2,(H,26,27). The number of hydrogen-bond donors (Lipinski definition) is 3. The number of aromatic hydroxyl groups is 1. The summed E-state index contributed by atoms with van der Waals surface area (Å²) in [5.74, 6) is -2.58. The van der Waals surface area contributed by atoms with Crippen LogP contribution in [0, 0.1) is 5.82 Å². The molecule has 0 saturated carbocycles. The number of nitrogens with zero attached hydrogens (tertiary/aromatic N) is 2. The lowest BCUT2D eigenvalue weighted by molar-refractivity contribution is 0.0691. The van der Waals surface area contributed by atoms with Crippen LogP contribution < -0.4 is 5.56 Å². The minimum Gasteiger partial charge on any atom is -0.505 e. The Kier molecular flexibility index (Phi) is 5.18. The van der Waals surface area contributed by atoms with Crippen molar-refractivity contribution in [2.24, 2.45) is 0 Å². The predicted octanol–water partition coefficient (Wildman–Crippen LogP) is 1.91. The average Bonchev–Trinajstić information content (AvgIpc) is 2.63. The second-order valence-corrected chi connectivity index (χ2v) is 6.08. The number of aromatic nitrogens is 2. The Labute approximate surface area is 153 Å². The topological polar surface area (TPSA) is 113 Å². The van der Waals surface area contributed by atoms with Gasteiger partial charge in [-0.2, -0.15) is 0 Å². The van der Waals surface area contributed by atoms with Crippen molar-refractivity contribution in [1.82, 2.24) is 9.55 Å². The molecule has 0 spiro atoms. The fraction of sp³-hybridized carbons (Fsp3) is 0.211. The fourth-order valence-electron chi connectivity index (χ4n) is 2.93. The van der Waals surface area contributed by atoms with Crippen molar-refractivity contribution in [3.05, 3.63) is 69.4 Å². The summed E-state index contributed by atoms with van der Waals surface area (Å²) < 4.78 is 14.2. The molecule has 8 heteroatoms. The fourth-order valence-corrected chi connectivity index (χ4v) is 2.93. The van der Waals surface area contributed by atoms with Crippen LogP contribution in [0.25, 0.3) is 11.0 Å². The number of halogens is 1. The number of benzene rings is 1. The molecule has 7 nitrogen and oxygen atoms in total. The number of rotatable bonds is 6. The van der Waals surface area contributed by atoms with E-state index in [1.165, 1.54) is 22.9 Å². The van der Waals surface area contributed by atoms with Gasteiger partial charge in [-0.15, -0.1) is 0 Å². The second-order valence-electron chi connectivity index (χ2n) is 6.08. The van der Waals surface area contributed by atoms with Gasteiger partial charge in [-0.25, -0.2) is 9.18 Å². The van der Waals surface area contributed by atoms with Crippen molar-refractivity contribution in [1.29, 1.82) is 0 Å². The van der Waals surface area contributed by atoms with Gasteiger partial charge in [-0.1, -0.05) is 12.1 Å². The van der Waals surface area contributed by atoms with E-state index in [0.29, 0.717) is 12.0 Å². The van der Waals surface area contributed by atoms with E-state index in [0.717, 1.165) is 5.56 Å². The zero-order chi connectivity index (χ0) is 19.6. The van der Waals surface area contributed by atoms with Crippen LogP contribution in [0.5, 0.6) is 5.75 Å². The van der Waals surface area contributed by atoms with Gasteiger partial charge >= 0.3 is 5.97 Å². The molecule has 3 rings (SSSR count). The number of aliphatic hydroxyl groups is 1. The van der Waals surface area contributed by atoms with E-state index in [-0.39, 0.29) is 36.4 Å². The molecule has 2 heterocycles. The summed E-state index contributed by atoms with van der Waals surface area (Å²) in [6.45, 7) is -0.103. The lowest BCUT2D eigenvalue weighted by Crippen LogP contribution is -2.27. The minimum absolute atomic E-state index is 0.00667. The van der Waals surface area contributed by atoms with E-state index in [4.69, 9.17) is 5.11 Å². The van der Waals surface area contributed by atoms with Gasteiger partial charge in [0.15, 0.2) is 11.3 Å². The first kappa shape index (κ1) is 18.5. The number of pyridine rings is 2. The lowest BCUT2D eigenvalue weighted by atomic mass is 10.1. The number of aryl methyl sites for hydroxylation is 1. The van der Waals surface area contributed by atoms with Gasteiger partial charge in [-0.05, 0) is 42.2 Å². The van der Waals surface area contributed by atoms with E-state index in [1.54, 1.807) is 18.2 Å². The quantitative estimate of drug-likeness (QED) is 0.609. The number of aliphatic hydroxyl groups excluding tert-OH is 1. The molecule has 27 heavy (non-hydrogen) atoms. The van der Waals surface area contributed by atoms with Crippen LogP contribution in [0.2, 0.25) is 0 Å². The Hall–Kier alpha value is -3.26. The summed E-state index contributed by atoms with van der Waals surface area (Å²) in [5.41, 5.74) is 0.186. The lowest BCUT2D eigenvalue weighted by Gasteiger charge is -2.13. The summed E-state index contributed by atoms with van der Waals surface area (Å²) >= 11 is 0. The third-order valence-corrected chi connectivity index (χ3v) is 4.21. The van der Waals surface area contributed by atoms with E-state index >= 15 is 0 Å². The maximum Gasteiger partial charge on any atom is 0.345 e. The number of fused-ring (bicyclic) bond motifs is 1. The molecular weight excluding hydrogens is 355 g/mol. The Balaban J connectivity index is 2.16. The number of hydrogen-bond acceptors (Lipinski definition) is 5. The molecular formula is C19H17FN2O5. The van der Waals surface area contributed by atoms with E-state index < -0.39 is 22.8 Å². The van der Waals surface area contributed by atoms with Crippen molar-refractivity contribution in [2.45, 2.75) is 19.4 Å². The average molecular weight is 372 g/mol. The highest BCUT2D eigenvalue weighted by Gasteiger charge is 2.22. The normalized spacial score (nSPS) is 11.0. The molecule has 0 saturated heterocycles. The van der Waals surface area contributed by atoms with E-state index in [1.807, 2.05) is 0 Å². The summed E-state index contributed by atoms with van der Waals surface area (Å²) in [4.78, 5) is 28.0. The third kappa shape index (κ3) is 3.65. The maximum absolute atomic E-state index is 13.1. The number of carboxylic acid groups (broad SMARTS) is 1. The molecule has 0 amide bonds. The van der Waals surface area contributed by atoms with Crippen molar-refractivity contribution in [3.8, 4) is 5.75 Å². The highest BCUT2D eigenvalue weighted by Crippen LogP contribution is 2.26. The summed E-state index contributed by atoms with van der Waals surface area (Å²) in [6, 6.07) is 7.57. The van der Waals surface area contributed by atoms with Gasteiger partial charge in [0.2, 0.25) is 0 Å². The van der Waals surface area contributed by atoms with Gasteiger partial charge in [0.1, 0.15) is 11.3 Å². The number of carbonyl (C=O) groups is 1. The summed E-state index contributed by atoms with van der Waals surface area (Å²) in [6.07, 6.45) is 2.12.